The Bertz CT molecular complexity index is 1900. The van der Waals surface area contributed by atoms with Crippen molar-refractivity contribution in [1.29, 1.82) is 0 Å². The van der Waals surface area contributed by atoms with Gasteiger partial charge in [0, 0.05) is 25.7 Å². The molecule has 2 unspecified atom stereocenters. The van der Waals surface area contributed by atoms with Crippen LogP contribution in [-0.4, -0.2) is 96.7 Å². The molecule has 582 valence electrons. The number of carbonyl (C=O) groups is 4. The fourth-order valence-electron chi connectivity index (χ4n) is 12.1. The summed E-state index contributed by atoms with van der Waals surface area (Å²) in [7, 11) is -9.92. The molecule has 0 fully saturated rings. The Balaban J connectivity index is 5.28. The number of phosphoric ester groups is 2. The Morgan fingerprint density at radius 3 is 0.694 bits per heavy atom. The van der Waals surface area contributed by atoms with Crippen molar-refractivity contribution in [2.75, 3.05) is 39.6 Å². The first-order valence-corrected chi connectivity index (χ1v) is 43.8. The van der Waals surface area contributed by atoms with Gasteiger partial charge in [-0.15, -0.1) is 0 Å². The number of ether oxygens (including phenoxy) is 4. The van der Waals surface area contributed by atoms with Gasteiger partial charge in [-0.25, -0.2) is 9.13 Å². The molecule has 0 heterocycles. The second-order valence-corrected chi connectivity index (χ2v) is 32.8. The Hall–Kier alpha value is -1.94. The van der Waals surface area contributed by atoms with Crippen LogP contribution in [0.4, 0.5) is 0 Å². The predicted octanol–water partition coefficient (Wildman–Crippen LogP) is 23.4. The van der Waals surface area contributed by atoms with Gasteiger partial charge in [-0.05, 0) is 43.4 Å². The summed E-state index contributed by atoms with van der Waals surface area (Å²) in [4.78, 5) is 73.0. The maximum Gasteiger partial charge on any atom is 0.472 e. The summed E-state index contributed by atoms with van der Waals surface area (Å²) in [5.74, 6) is 0.224. The van der Waals surface area contributed by atoms with Crippen LogP contribution < -0.4 is 0 Å². The summed E-state index contributed by atoms with van der Waals surface area (Å²) < 4.78 is 68.7. The highest BCUT2D eigenvalue weighted by atomic mass is 31.2. The molecule has 0 bridgehead atoms. The molecule has 0 aromatic heterocycles. The van der Waals surface area contributed by atoms with E-state index in [4.69, 9.17) is 37.0 Å². The Labute approximate surface area is 600 Å². The third-order valence-corrected chi connectivity index (χ3v) is 20.3. The molecule has 0 aliphatic rings. The minimum absolute atomic E-state index is 0.107. The van der Waals surface area contributed by atoms with Crippen molar-refractivity contribution in [3.8, 4) is 0 Å². The van der Waals surface area contributed by atoms with E-state index in [0.717, 1.165) is 108 Å². The summed E-state index contributed by atoms with van der Waals surface area (Å²) in [5.41, 5.74) is 0. The molecule has 0 aliphatic heterocycles. The first-order chi connectivity index (χ1) is 47.2. The lowest BCUT2D eigenvalue weighted by Gasteiger charge is -2.21. The fourth-order valence-corrected chi connectivity index (χ4v) is 13.7. The molecule has 0 rings (SSSR count). The summed E-state index contributed by atoms with van der Waals surface area (Å²) in [6.45, 7) is 12.0. The van der Waals surface area contributed by atoms with E-state index in [9.17, 15) is 43.2 Å². The number of hydrogen-bond donors (Lipinski definition) is 3. The molecule has 0 spiro atoms. The van der Waals surface area contributed by atoms with Crippen LogP contribution in [0.5, 0.6) is 0 Å². The molecule has 3 N–H and O–H groups in total. The van der Waals surface area contributed by atoms with Crippen LogP contribution in [0.2, 0.25) is 0 Å². The molecule has 0 saturated carbocycles. The van der Waals surface area contributed by atoms with Gasteiger partial charge in [0.05, 0.1) is 26.4 Å². The highest BCUT2D eigenvalue weighted by molar-refractivity contribution is 7.47. The van der Waals surface area contributed by atoms with Crippen LogP contribution in [0.25, 0.3) is 0 Å². The number of aliphatic hydroxyl groups is 1. The van der Waals surface area contributed by atoms with E-state index in [1.807, 2.05) is 0 Å². The standard InChI is InChI=1S/C79H154O17P2/c1-8-9-10-11-12-13-14-15-25-32-39-46-53-60-76(81)89-66-74(95-78(83)62-55-48-41-34-27-20-17-23-30-37-44-51-58-71(4)5)68-93-97(85,86)91-64-73(80)65-92-98(87,88)94-69-75(96-79(84)63-56-49-42-35-28-21-18-24-31-38-45-52-59-72(6)7)67-90-77(82)61-54-47-40-33-26-19-16-22-29-36-43-50-57-70(2)3/h70-75,80H,8-69H2,1-7H3,(H,85,86)(H,87,88)/t73-,74+,75+/m0/s1. The van der Waals surface area contributed by atoms with Gasteiger partial charge in [-0.2, -0.15) is 0 Å². The number of esters is 4. The normalized spacial score (nSPS) is 14.0. The highest BCUT2D eigenvalue weighted by Crippen LogP contribution is 2.45. The lowest BCUT2D eigenvalue weighted by atomic mass is 10.0. The van der Waals surface area contributed by atoms with Crippen molar-refractivity contribution in [2.24, 2.45) is 17.8 Å². The third-order valence-electron chi connectivity index (χ3n) is 18.4. The first-order valence-electron chi connectivity index (χ1n) is 40.8. The molecular weight excluding hydrogens is 1280 g/mol. The largest absolute Gasteiger partial charge is 0.472 e. The van der Waals surface area contributed by atoms with Crippen LogP contribution >= 0.6 is 15.6 Å². The molecule has 17 nitrogen and oxygen atoms in total. The van der Waals surface area contributed by atoms with E-state index in [1.165, 1.54) is 218 Å². The van der Waals surface area contributed by atoms with Crippen LogP contribution in [0, 0.1) is 17.8 Å². The topological polar surface area (TPSA) is 237 Å². The second-order valence-electron chi connectivity index (χ2n) is 29.9. The van der Waals surface area contributed by atoms with Gasteiger partial charge >= 0.3 is 39.5 Å². The zero-order valence-electron chi connectivity index (χ0n) is 64.3. The zero-order valence-corrected chi connectivity index (χ0v) is 66.0. The number of aliphatic hydroxyl groups excluding tert-OH is 1. The molecule has 98 heavy (non-hydrogen) atoms. The SMILES string of the molecule is CCCCCCCCCCCCCCCC(=O)OC[C@H](COP(=O)(O)OC[C@H](O)COP(=O)(O)OC[C@@H](COC(=O)CCCCCCCCCCCCCCC(C)C)OC(=O)CCCCCCCCCCCCCCC(C)C)OC(=O)CCCCCCCCCCCCCCC(C)C. The third kappa shape index (κ3) is 72.4. The summed E-state index contributed by atoms with van der Waals surface area (Å²) in [5, 5.41) is 10.6. The lowest BCUT2D eigenvalue weighted by Crippen LogP contribution is -2.30. The van der Waals surface area contributed by atoms with E-state index in [1.54, 1.807) is 0 Å². The van der Waals surface area contributed by atoms with Gasteiger partial charge in [-0.1, -0.05) is 357 Å². The van der Waals surface area contributed by atoms with Crippen LogP contribution in [0.3, 0.4) is 0 Å². The predicted molar refractivity (Wildman–Crippen MR) is 400 cm³/mol. The van der Waals surface area contributed by atoms with Crippen LogP contribution in [0.15, 0.2) is 0 Å². The number of hydrogen-bond acceptors (Lipinski definition) is 15. The molecule has 0 radical (unpaired) electrons. The minimum Gasteiger partial charge on any atom is -0.462 e. The van der Waals surface area contributed by atoms with Gasteiger partial charge in [0.1, 0.15) is 19.3 Å². The minimum atomic E-state index is -4.96. The van der Waals surface area contributed by atoms with Gasteiger partial charge in [-0.3, -0.25) is 37.3 Å². The van der Waals surface area contributed by atoms with Crippen molar-refractivity contribution in [3.05, 3.63) is 0 Å². The number of phosphoric acid groups is 2. The molecule has 0 aliphatic carbocycles. The molecule has 0 amide bonds. The van der Waals surface area contributed by atoms with E-state index >= 15 is 0 Å². The van der Waals surface area contributed by atoms with Gasteiger partial charge in [0.2, 0.25) is 0 Å². The number of carbonyl (C=O) groups excluding carboxylic acids is 4. The van der Waals surface area contributed by atoms with Crippen molar-refractivity contribution in [2.45, 2.75) is 426 Å². The molecule has 5 atom stereocenters. The average Bonchev–Trinajstić information content (AvgIpc) is 1.03. The molecule has 0 saturated heterocycles. The Kier molecular flexibility index (Phi) is 68.1. The highest BCUT2D eigenvalue weighted by Gasteiger charge is 2.30. The maximum atomic E-state index is 13.1. The molecule has 0 aromatic rings. The quantitative estimate of drug-likeness (QED) is 0.0222. The smallest absolute Gasteiger partial charge is 0.462 e. The number of rotatable bonds is 77. The zero-order chi connectivity index (χ0) is 72.3. The average molecular weight is 1440 g/mol. The van der Waals surface area contributed by atoms with E-state index < -0.39 is 97.5 Å². The van der Waals surface area contributed by atoms with E-state index in [0.29, 0.717) is 25.7 Å². The number of unbranched alkanes of at least 4 members (excludes halogenated alkanes) is 45. The Morgan fingerprint density at radius 2 is 0.469 bits per heavy atom. The maximum absolute atomic E-state index is 13.1. The van der Waals surface area contributed by atoms with Gasteiger partial charge in [0.15, 0.2) is 12.2 Å². The summed E-state index contributed by atoms with van der Waals surface area (Å²) in [6, 6.07) is 0. The monoisotopic (exact) mass is 1440 g/mol. The van der Waals surface area contributed by atoms with Crippen LogP contribution in [0.1, 0.15) is 408 Å². The van der Waals surface area contributed by atoms with Gasteiger partial charge < -0.3 is 33.8 Å². The summed E-state index contributed by atoms with van der Waals surface area (Å²) >= 11 is 0. The van der Waals surface area contributed by atoms with Gasteiger partial charge in [0.25, 0.3) is 0 Å². The Morgan fingerprint density at radius 1 is 0.276 bits per heavy atom. The second kappa shape index (κ2) is 69.4. The molecular formula is C79H154O17P2. The molecule has 19 heteroatoms. The van der Waals surface area contributed by atoms with Crippen molar-refractivity contribution < 1.29 is 80.2 Å². The van der Waals surface area contributed by atoms with Crippen LogP contribution in [-0.2, 0) is 65.4 Å². The lowest BCUT2D eigenvalue weighted by molar-refractivity contribution is -0.161. The van der Waals surface area contributed by atoms with Crippen molar-refractivity contribution in [3.63, 3.8) is 0 Å². The fraction of sp³-hybridized carbons (Fsp3) is 0.949. The van der Waals surface area contributed by atoms with E-state index in [-0.39, 0.29) is 25.7 Å². The summed E-state index contributed by atoms with van der Waals surface area (Å²) in [6.07, 6.45) is 56.7. The van der Waals surface area contributed by atoms with Crippen molar-refractivity contribution in [1.82, 2.24) is 0 Å². The molecule has 0 aromatic carbocycles. The van der Waals surface area contributed by atoms with E-state index in [2.05, 4.69) is 48.5 Å². The van der Waals surface area contributed by atoms with Crippen molar-refractivity contribution >= 4 is 39.5 Å². The first kappa shape index (κ1) is 96.1.